The van der Waals surface area contributed by atoms with Crippen molar-refractivity contribution in [3.05, 3.63) is 72.1 Å². The van der Waals surface area contributed by atoms with Crippen molar-refractivity contribution in [3.8, 4) is 0 Å². The van der Waals surface area contributed by atoms with Crippen LogP contribution in [-0.2, 0) is 0 Å². The Bertz CT molecular complexity index is 967. The number of carbonyl (C=O) groups excluding carboxylic acids is 1. The molecule has 0 unspecified atom stereocenters. The van der Waals surface area contributed by atoms with Gasteiger partial charge in [0.25, 0.3) is 5.91 Å². The van der Waals surface area contributed by atoms with Crippen molar-refractivity contribution in [1.29, 1.82) is 0 Å². The van der Waals surface area contributed by atoms with Gasteiger partial charge in [0.05, 0.1) is 0 Å². The van der Waals surface area contributed by atoms with E-state index in [0.717, 1.165) is 48.3 Å². The summed E-state index contributed by atoms with van der Waals surface area (Å²) in [4.78, 5) is 21.7. The smallest absolute Gasteiger partial charge is 0.253 e. The molecule has 1 fully saturated rings. The second kappa shape index (κ2) is 7.39. The minimum Gasteiger partial charge on any atom is -0.378 e. The number of anilines is 1. The van der Waals surface area contributed by atoms with Crippen LogP contribution >= 0.6 is 0 Å². The molecule has 4 heteroatoms. The maximum absolute atomic E-state index is 13.1. The first-order valence-corrected chi connectivity index (χ1v) is 9.53. The van der Waals surface area contributed by atoms with E-state index in [-0.39, 0.29) is 5.91 Å². The summed E-state index contributed by atoms with van der Waals surface area (Å²) in [6.07, 6.45) is 4.04. The van der Waals surface area contributed by atoms with Gasteiger partial charge in [-0.2, -0.15) is 0 Å². The number of aromatic nitrogens is 1. The molecule has 1 aliphatic rings. The van der Waals surface area contributed by atoms with Gasteiger partial charge in [-0.3, -0.25) is 9.78 Å². The minimum absolute atomic E-state index is 0.115. The molecule has 0 bridgehead atoms. The number of nitrogens with zero attached hydrogens (tertiary/aromatic N) is 3. The van der Waals surface area contributed by atoms with Crippen LogP contribution in [0.15, 0.2) is 60.8 Å². The van der Waals surface area contributed by atoms with E-state index >= 15 is 0 Å². The summed E-state index contributed by atoms with van der Waals surface area (Å²) in [5.74, 6) is 0.411. The maximum Gasteiger partial charge on any atom is 0.253 e. The summed E-state index contributed by atoms with van der Waals surface area (Å²) in [5.41, 5.74) is 2.90. The van der Waals surface area contributed by atoms with Crippen LogP contribution in [0.4, 0.5) is 5.69 Å². The highest BCUT2D eigenvalue weighted by molar-refractivity contribution is 5.95. The van der Waals surface area contributed by atoms with E-state index in [1.807, 2.05) is 60.4 Å². The molecule has 0 radical (unpaired) electrons. The quantitative estimate of drug-likeness (QED) is 0.699. The van der Waals surface area contributed by atoms with Crippen molar-refractivity contribution in [2.45, 2.75) is 18.8 Å². The zero-order valence-corrected chi connectivity index (χ0v) is 15.9. The van der Waals surface area contributed by atoms with E-state index in [9.17, 15) is 4.79 Å². The van der Waals surface area contributed by atoms with Gasteiger partial charge in [0.15, 0.2) is 0 Å². The number of fused-ring (bicyclic) bond motifs is 1. The van der Waals surface area contributed by atoms with Gasteiger partial charge in [-0.25, -0.2) is 0 Å². The third-order valence-corrected chi connectivity index (χ3v) is 5.39. The van der Waals surface area contributed by atoms with Gasteiger partial charge in [0.2, 0.25) is 0 Å². The lowest BCUT2D eigenvalue weighted by Crippen LogP contribution is -2.39. The second-order valence-corrected chi connectivity index (χ2v) is 7.49. The molecular weight excluding hydrogens is 334 g/mol. The third kappa shape index (κ3) is 3.65. The van der Waals surface area contributed by atoms with Crippen molar-refractivity contribution in [2.75, 3.05) is 32.1 Å². The first-order chi connectivity index (χ1) is 13.1. The fraction of sp³-hybridized carbons (Fsp3) is 0.304. The van der Waals surface area contributed by atoms with Gasteiger partial charge >= 0.3 is 0 Å². The molecule has 27 heavy (non-hydrogen) atoms. The number of pyridine rings is 1. The van der Waals surface area contributed by atoms with Gasteiger partial charge in [-0.05, 0) is 42.5 Å². The molecule has 1 saturated heterocycles. The predicted molar refractivity (Wildman–Crippen MR) is 110 cm³/mol. The summed E-state index contributed by atoms with van der Waals surface area (Å²) >= 11 is 0. The highest BCUT2D eigenvalue weighted by Crippen LogP contribution is 2.28. The van der Waals surface area contributed by atoms with E-state index in [0.29, 0.717) is 5.92 Å². The minimum atomic E-state index is 0.115. The van der Waals surface area contributed by atoms with Gasteiger partial charge in [-0.15, -0.1) is 0 Å². The molecule has 0 saturated carbocycles. The van der Waals surface area contributed by atoms with E-state index in [1.54, 1.807) is 0 Å². The molecule has 1 amide bonds. The van der Waals surface area contributed by atoms with Crippen molar-refractivity contribution < 1.29 is 4.79 Å². The lowest BCUT2D eigenvalue weighted by Gasteiger charge is -2.33. The molecule has 1 aromatic heterocycles. The van der Waals surface area contributed by atoms with Gasteiger partial charge in [0.1, 0.15) is 0 Å². The summed E-state index contributed by atoms with van der Waals surface area (Å²) in [7, 11) is 3.98. The fourth-order valence-corrected chi connectivity index (χ4v) is 3.83. The van der Waals surface area contributed by atoms with Crippen LogP contribution in [-0.4, -0.2) is 43.0 Å². The van der Waals surface area contributed by atoms with Gasteiger partial charge in [0, 0.05) is 61.6 Å². The Morgan fingerprint density at radius 2 is 1.89 bits per heavy atom. The van der Waals surface area contributed by atoms with Crippen LogP contribution in [0.5, 0.6) is 0 Å². The monoisotopic (exact) mass is 359 g/mol. The maximum atomic E-state index is 13.1. The third-order valence-electron chi connectivity index (χ3n) is 5.39. The number of likely N-dealkylation sites (tertiary alicyclic amines) is 1. The Morgan fingerprint density at radius 1 is 1.07 bits per heavy atom. The first-order valence-electron chi connectivity index (χ1n) is 9.53. The molecule has 4 nitrogen and oxygen atoms in total. The number of piperidine rings is 1. The molecule has 0 N–H and O–H groups in total. The lowest BCUT2D eigenvalue weighted by atomic mass is 9.93. The standard InChI is InChI=1S/C23H25N3O/c1-25(2)21-11-5-9-18(13-21)23(27)26-12-6-10-20(16-26)22-14-17-7-3-4-8-19(17)15-24-22/h3-5,7-9,11,13-15,20H,6,10,12,16H2,1-2H3/t20-/m0/s1. The summed E-state index contributed by atoms with van der Waals surface area (Å²) in [6, 6.07) is 18.3. The Balaban J connectivity index is 1.55. The topological polar surface area (TPSA) is 36.4 Å². The van der Waals surface area contributed by atoms with E-state index in [1.165, 1.54) is 5.39 Å². The Hall–Kier alpha value is -2.88. The van der Waals surface area contributed by atoms with Crippen LogP contribution in [0.2, 0.25) is 0 Å². The molecule has 1 atom stereocenters. The van der Waals surface area contributed by atoms with Crippen molar-refractivity contribution in [1.82, 2.24) is 9.88 Å². The van der Waals surface area contributed by atoms with Crippen LogP contribution < -0.4 is 4.90 Å². The zero-order valence-electron chi connectivity index (χ0n) is 15.9. The molecule has 1 aliphatic heterocycles. The molecule has 0 spiro atoms. The van der Waals surface area contributed by atoms with E-state index in [4.69, 9.17) is 0 Å². The number of carbonyl (C=O) groups is 1. The van der Waals surface area contributed by atoms with Crippen molar-refractivity contribution >= 4 is 22.4 Å². The van der Waals surface area contributed by atoms with Gasteiger partial charge in [-0.1, -0.05) is 30.3 Å². The normalized spacial score (nSPS) is 17.1. The summed E-state index contributed by atoms with van der Waals surface area (Å²) < 4.78 is 0. The predicted octanol–water partition coefficient (Wildman–Crippen LogP) is 4.32. The highest BCUT2D eigenvalue weighted by atomic mass is 16.2. The van der Waals surface area contributed by atoms with Crippen LogP contribution in [0.3, 0.4) is 0 Å². The molecular formula is C23H25N3O. The zero-order chi connectivity index (χ0) is 18.8. The Labute approximate surface area is 160 Å². The second-order valence-electron chi connectivity index (χ2n) is 7.49. The van der Waals surface area contributed by atoms with Crippen molar-refractivity contribution in [3.63, 3.8) is 0 Å². The first kappa shape index (κ1) is 17.5. The van der Waals surface area contributed by atoms with Crippen molar-refractivity contribution in [2.24, 2.45) is 0 Å². The number of rotatable bonds is 3. The molecule has 4 rings (SSSR count). The fourth-order valence-electron chi connectivity index (χ4n) is 3.83. The number of benzene rings is 2. The molecule has 3 aromatic rings. The number of amides is 1. The molecule has 138 valence electrons. The highest BCUT2D eigenvalue weighted by Gasteiger charge is 2.26. The summed E-state index contributed by atoms with van der Waals surface area (Å²) in [5, 5.41) is 2.37. The van der Waals surface area contributed by atoms with Gasteiger partial charge < -0.3 is 9.80 Å². The number of hydrogen-bond donors (Lipinski definition) is 0. The molecule has 0 aliphatic carbocycles. The Morgan fingerprint density at radius 3 is 2.70 bits per heavy atom. The largest absolute Gasteiger partial charge is 0.378 e. The van der Waals surface area contributed by atoms with Crippen LogP contribution in [0.1, 0.15) is 34.8 Å². The van der Waals surface area contributed by atoms with Crippen LogP contribution in [0.25, 0.3) is 10.8 Å². The number of hydrogen-bond acceptors (Lipinski definition) is 3. The average molecular weight is 359 g/mol. The average Bonchev–Trinajstić information content (AvgIpc) is 2.73. The Kier molecular flexibility index (Phi) is 4.80. The van der Waals surface area contributed by atoms with Crippen LogP contribution in [0, 0.1) is 0 Å². The molecule has 2 aromatic carbocycles. The lowest BCUT2D eigenvalue weighted by molar-refractivity contribution is 0.0706. The SMILES string of the molecule is CN(C)c1cccc(C(=O)N2CCC[C@H](c3cc4ccccc4cn3)C2)c1. The molecule has 2 heterocycles. The van der Waals surface area contributed by atoms with E-state index < -0.39 is 0 Å². The summed E-state index contributed by atoms with van der Waals surface area (Å²) in [6.45, 7) is 1.55. The van der Waals surface area contributed by atoms with E-state index in [2.05, 4.69) is 29.2 Å².